The number of benzene rings is 1. The van der Waals surface area contributed by atoms with Gasteiger partial charge in [0, 0.05) is 50.9 Å². The van der Waals surface area contributed by atoms with Crippen molar-refractivity contribution in [1.82, 2.24) is 34.6 Å². The van der Waals surface area contributed by atoms with Crippen LogP contribution in [-0.4, -0.2) is 68.7 Å². The highest BCUT2D eigenvalue weighted by molar-refractivity contribution is 5.85. The topological polar surface area (TPSA) is 85.9 Å². The number of aryl methyl sites for hydroxylation is 1. The summed E-state index contributed by atoms with van der Waals surface area (Å²) in [5.41, 5.74) is 3.65. The van der Waals surface area contributed by atoms with E-state index in [9.17, 15) is 0 Å². The van der Waals surface area contributed by atoms with Crippen LogP contribution in [0.3, 0.4) is 0 Å². The van der Waals surface area contributed by atoms with E-state index in [-0.39, 0.29) is 0 Å². The number of morpholine rings is 1. The molecule has 6 rings (SSSR count). The van der Waals surface area contributed by atoms with Gasteiger partial charge in [0.05, 0.1) is 18.9 Å². The van der Waals surface area contributed by atoms with Gasteiger partial charge < -0.3 is 19.5 Å². The maximum Gasteiger partial charge on any atom is 0.254 e. The van der Waals surface area contributed by atoms with Crippen molar-refractivity contribution in [3.05, 3.63) is 48.4 Å². The quantitative estimate of drug-likeness (QED) is 0.542. The van der Waals surface area contributed by atoms with Crippen LogP contribution in [0.1, 0.15) is 11.7 Å². The molecule has 31 heavy (non-hydrogen) atoms. The van der Waals surface area contributed by atoms with Crippen molar-refractivity contribution in [3.8, 4) is 17.2 Å². The lowest BCUT2D eigenvalue weighted by molar-refractivity contribution is 0.122. The molecule has 158 valence electrons. The second-order valence-corrected chi connectivity index (χ2v) is 8.01. The van der Waals surface area contributed by atoms with Crippen molar-refractivity contribution < 1.29 is 4.74 Å². The highest BCUT2D eigenvalue weighted by Crippen LogP contribution is 2.29. The van der Waals surface area contributed by atoms with Crippen LogP contribution in [0, 0.1) is 0 Å². The smallest absolute Gasteiger partial charge is 0.254 e. The summed E-state index contributed by atoms with van der Waals surface area (Å²) >= 11 is 0. The first-order valence-corrected chi connectivity index (χ1v) is 10.7. The van der Waals surface area contributed by atoms with Crippen LogP contribution >= 0.6 is 0 Å². The average Bonchev–Trinajstić information content (AvgIpc) is 3.39. The van der Waals surface area contributed by atoms with Crippen LogP contribution in [-0.2, 0) is 11.8 Å². The molecule has 1 N–H and O–H groups in total. The molecule has 2 saturated heterocycles. The predicted octanol–water partition coefficient (Wildman–Crippen LogP) is 1.74. The van der Waals surface area contributed by atoms with Crippen molar-refractivity contribution >= 4 is 17.0 Å². The fourth-order valence-electron chi connectivity index (χ4n) is 4.18. The third kappa shape index (κ3) is 3.17. The molecule has 0 radical (unpaired) electrons. The number of ether oxygens (including phenoxy) is 1. The molecule has 2 aliphatic rings. The van der Waals surface area contributed by atoms with Crippen LogP contribution in [0.5, 0.6) is 0 Å². The molecule has 0 amide bonds. The van der Waals surface area contributed by atoms with E-state index < -0.39 is 0 Å². The number of hydrogen-bond acceptors (Lipinski definition) is 7. The van der Waals surface area contributed by atoms with Gasteiger partial charge in [0.2, 0.25) is 0 Å². The fourth-order valence-corrected chi connectivity index (χ4v) is 4.18. The Morgan fingerprint density at radius 3 is 2.55 bits per heavy atom. The zero-order valence-electron chi connectivity index (χ0n) is 17.4. The third-order valence-corrected chi connectivity index (χ3v) is 6.04. The summed E-state index contributed by atoms with van der Waals surface area (Å²) in [4.78, 5) is 17.0. The molecule has 0 bridgehead atoms. The van der Waals surface area contributed by atoms with Gasteiger partial charge >= 0.3 is 0 Å². The van der Waals surface area contributed by atoms with Gasteiger partial charge in [-0.1, -0.05) is 30.3 Å². The van der Waals surface area contributed by atoms with E-state index in [1.54, 1.807) is 4.68 Å². The Morgan fingerprint density at radius 1 is 1.00 bits per heavy atom. The number of rotatable bonds is 4. The Bertz CT molecular complexity index is 1220. The molecule has 0 aliphatic carbocycles. The van der Waals surface area contributed by atoms with Crippen molar-refractivity contribution in [2.45, 2.75) is 5.92 Å². The molecule has 9 nitrogen and oxygen atoms in total. The molecule has 0 spiro atoms. The lowest BCUT2D eigenvalue weighted by Gasteiger charge is -2.28. The molecule has 3 aromatic heterocycles. The first kappa shape index (κ1) is 18.5. The molecule has 5 heterocycles. The minimum atomic E-state index is 0.412. The summed E-state index contributed by atoms with van der Waals surface area (Å²) in [6.45, 7) is 4.85. The van der Waals surface area contributed by atoms with Gasteiger partial charge in [0.25, 0.3) is 5.95 Å². The van der Waals surface area contributed by atoms with Crippen LogP contribution < -0.4 is 10.2 Å². The molecule has 0 saturated carbocycles. The first-order chi connectivity index (χ1) is 15.3. The molecular weight excluding hydrogens is 392 g/mol. The maximum atomic E-state index is 5.56. The van der Waals surface area contributed by atoms with Gasteiger partial charge in [-0.2, -0.15) is 15.1 Å². The lowest BCUT2D eigenvalue weighted by Crippen LogP contribution is -2.41. The van der Waals surface area contributed by atoms with Gasteiger partial charge in [0.15, 0.2) is 17.0 Å². The number of aromatic nitrogens is 6. The minimum absolute atomic E-state index is 0.412. The maximum absolute atomic E-state index is 5.56. The monoisotopic (exact) mass is 416 g/mol. The van der Waals surface area contributed by atoms with E-state index in [0.717, 1.165) is 60.2 Å². The van der Waals surface area contributed by atoms with Crippen LogP contribution in [0.15, 0.2) is 42.6 Å². The van der Waals surface area contributed by atoms with E-state index in [0.29, 0.717) is 25.1 Å². The second kappa shape index (κ2) is 7.44. The number of nitrogens with one attached hydrogen (secondary N) is 1. The summed E-state index contributed by atoms with van der Waals surface area (Å²) < 4.78 is 9.42. The van der Waals surface area contributed by atoms with Gasteiger partial charge in [-0.3, -0.25) is 0 Å². The standard InChI is InChI=1S/C22H24N8O/c1-28-19(16-13-23-14-16)24-18-20(28)25-22(26-21(18)29-9-11-31-12-10-29)30-8-7-17(27-30)15-5-3-2-4-6-15/h2-8,16,23H,9-14H2,1H3. The van der Waals surface area contributed by atoms with Crippen LogP contribution in [0.2, 0.25) is 0 Å². The van der Waals surface area contributed by atoms with E-state index in [4.69, 9.17) is 24.8 Å². The number of anilines is 1. The highest BCUT2D eigenvalue weighted by atomic mass is 16.5. The molecule has 1 aromatic carbocycles. The van der Waals surface area contributed by atoms with E-state index in [2.05, 4.69) is 26.9 Å². The van der Waals surface area contributed by atoms with Crippen molar-refractivity contribution in [2.24, 2.45) is 7.05 Å². The number of hydrogen-bond donors (Lipinski definition) is 1. The number of imidazole rings is 1. The van der Waals surface area contributed by atoms with Crippen molar-refractivity contribution in [2.75, 3.05) is 44.3 Å². The molecule has 2 fully saturated rings. The molecule has 9 heteroatoms. The molecule has 2 aliphatic heterocycles. The van der Waals surface area contributed by atoms with Crippen LogP contribution in [0.4, 0.5) is 5.82 Å². The summed E-state index contributed by atoms with van der Waals surface area (Å²) in [7, 11) is 2.04. The van der Waals surface area contributed by atoms with E-state index >= 15 is 0 Å². The van der Waals surface area contributed by atoms with Crippen LogP contribution in [0.25, 0.3) is 28.4 Å². The normalized spacial score (nSPS) is 17.3. The van der Waals surface area contributed by atoms with Gasteiger partial charge in [-0.15, -0.1) is 0 Å². The lowest BCUT2D eigenvalue weighted by atomic mass is 10.0. The Kier molecular flexibility index (Phi) is 4.43. The summed E-state index contributed by atoms with van der Waals surface area (Å²) in [5, 5.41) is 8.09. The van der Waals surface area contributed by atoms with Gasteiger partial charge in [-0.25, -0.2) is 9.67 Å². The Hall–Kier alpha value is -3.30. The SMILES string of the molecule is Cn1c(C2CNC2)nc2c(N3CCOCC3)nc(-n3ccc(-c4ccccc4)n3)nc21. The van der Waals surface area contributed by atoms with Crippen molar-refractivity contribution in [1.29, 1.82) is 0 Å². The number of fused-ring (bicyclic) bond motifs is 1. The third-order valence-electron chi connectivity index (χ3n) is 6.04. The van der Waals surface area contributed by atoms with E-state index in [1.807, 2.05) is 37.5 Å². The first-order valence-electron chi connectivity index (χ1n) is 10.7. The molecule has 4 aromatic rings. The Morgan fingerprint density at radius 2 is 1.81 bits per heavy atom. The number of nitrogens with zero attached hydrogens (tertiary/aromatic N) is 7. The Balaban J connectivity index is 1.48. The summed E-state index contributed by atoms with van der Waals surface area (Å²) in [6.07, 6.45) is 1.92. The average molecular weight is 416 g/mol. The predicted molar refractivity (Wildman–Crippen MR) is 118 cm³/mol. The second-order valence-electron chi connectivity index (χ2n) is 8.01. The minimum Gasteiger partial charge on any atom is -0.378 e. The summed E-state index contributed by atoms with van der Waals surface area (Å²) in [5.74, 6) is 2.88. The molecular formula is C22H24N8O. The van der Waals surface area contributed by atoms with Gasteiger partial charge in [0.1, 0.15) is 5.82 Å². The largest absolute Gasteiger partial charge is 0.378 e. The zero-order valence-corrected chi connectivity index (χ0v) is 17.4. The fraction of sp³-hybridized carbons (Fsp3) is 0.364. The Labute approximate surface area is 179 Å². The van der Waals surface area contributed by atoms with Gasteiger partial charge in [-0.05, 0) is 6.07 Å². The van der Waals surface area contributed by atoms with Crippen molar-refractivity contribution in [3.63, 3.8) is 0 Å². The van der Waals surface area contributed by atoms with E-state index in [1.165, 1.54) is 0 Å². The molecule has 0 unspecified atom stereocenters. The highest BCUT2D eigenvalue weighted by Gasteiger charge is 2.28. The summed E-state index contributed by atoms with van der Waals surface area (Å²) in [6, 6.07) is 12.1. The molecule has 0 atom stereocenters. The zero-order chi connectivity index (χ0) is 20.8.